The van der Waals surface area contributed by atoms with Crippen LogP contribution in [0.2, 0.25) is 0 Å². The first-order valence-corrected chi connectivity index (χ1v) is 6.71. The number of rotatable bonds is 4. The van der Waals surface area contributed by atoms with E-state index >= 15 is 0 Å². The highest BCUT2D eigenvalue weighted by atomic mass is 32.1. The van der Waals surface area contributed by atoms with Crippen LogP contribution in [-0.2, 0) is 6.54 Å². The van der Waals surface area contributed by atoms with Gasteiger partial charge in [-0.15, -0.1) is 11.3 Å². The average molecular weight is 286 g/mol. The van der Waals surface area contributed by atoms with Crippen molar-refractivity contribution in [2.24, 2.45) is 0 Å². The predicted octanol–water partition coefficient (Wildman–Crippen LogP) is 2.40. The lowest BCUT2D eigenvalue weighted by Crippen LogP contribution is -2.02. The van der Waals surface area contributed by atoms with Gasteiger partial charge in [-0.05, 0) is 18.2 Å². The van der Waals surface area contributed by atoms with E-state index in [-0.39, 0.29) is 5.56 Å². The summed E-state index contributed by atoms with van der Waals surface area (Å²) in [5.74, 6) is -0.287. The van der Waals surface area contributed by atoms with Crippen molar-refractivity contribution in [3.63, 3.8) is 0 Å². The monoisotopic (exact) mass is 286 g/mol. The van der Waals surface area contributed by atoms with Gasteiger partial charge in [0.05, 0.1) is 23.1 Å². The predicted molar refractivity (Wildman–Crippen MR) is 75.9 cm³/mol. The van der Waals surface area contributed by atoms with Crippen molar-refractivity contribution >= 4 is 34.0 Å². The molecule has 2 N–H and O–H groups in total. The maximum Gasteiger partial charge on any atom is 0.335 e. The Morgan fingerprint density at radius 3 is 3.00 bits per heavy atom. The summed E-state index contributed by atoms with van der Waals surface area (Å²) in [6.45, 7) is 0.622. The summed E-state index contributed by atoms with van der Waals surface area (Å²) in [6.07, 6.45) is 3.21. The number of carbonyl (C=O) groups is 1. The summed E-state index contributed by atoms with van der Waals surface area (Å²) in [5.41, 5.74) is 2.59. The fraction of sp³-hybridized carbons (Fsp3) is 0.0769. The lowest BCUT2D eigenvalue weighted by Gasteiger charge is -2.07. The Kier molecular flexibility index (Phi) is 3.26. The summed E-state index contributed by atoms with van der Waals surface area (Å²) in [7, 11) is 0. The van der Waals surface area contributed by atoms with Crippen molar-refractivity contribution < 1.29 is 9.90 Å². The first-order valence-electron chi connectivity index (χ1n) is 5.83. The van der Waals surface area contributed by atoms with Crippen molar-refractivity contribution in [1.82, 2.24) is 15.0 Å². The highest BCUT2D eigenvalue weighted by Crippen LogP contribution is 2.21. The van der Waals surface area contributed by atoms with Crippen LogP contribution < -0.4 is 5.32 Å². The molecular weight excluding hydrogens is 276 g/mol. The zero-order chi connectivity index (χ0) is 13.9. The third-order valence-electron chi connectivity index (χ3n) is 2.80. The van der Waals surface area contributed by atoms with E-state index in [1.807, 2.05) is 0 Å². The molecule has 1 aromatic carbocycles. The van der Waals surface area contributed by atoms with Crippen LogP contribution in [0.15, 0.2) is 36.2 Å². The van der Waals surface area contributed by atoms with E-state index < -0.39 is 5.97 Å². The largest absolute Gasteiger partial charge is 0.478 e. The Bertz CT molecular complexity index is 758. The van der Waals surface area contributed by atoms with Crippen LogP contribution in [0.25, 0.3) is 10.9 Å². The van der Waals surface area contributed by atoms with Gasteiger partial charge >= 0.3 is 5.97 Å². The molecule has 0 saturated heterocycles. The average Bonchev–Trinajstić information content (AvgIpc) is 2.97. The standard InChI is InChI=1S/C13H10N4O2S/c18-13(19)8-1-2-10-11(3-8)16-6-17-12(10)15-5-9-4-14-7-20-9/h1-4,6-7H,5H2,(H,18,19)(H,15,16,17). The molecule has 0 bridgehead atoms. The van der Waals surface area contributed by atoms with E-state index in [0.29, 0.717) is 17.9 Å². The number of nitrogens with one attached hydrogen (secondary N) is 1. The van der Waals surface area contributed by atoms with E-state index in [1.165, 1.54) is 12.4 Å². The minimum Gasteiger partial charge on any atom is -0.478 e. The first kappa shape index (κ1) is 12.5. The lowest BCUT2D eigenvalue weighted by atomic mass is 10.1. The zero-order valence-electron chi connectivity index (χ0n) is 10.3. The Balaban J connectivity index is 1.93. The SMILES string of the molecule is O=C(O)c1ccc2c(NCc3cncs3)ncnc2c1. The van der Waals surface area contributed by atoms with Crippen LogP contribution in [0, 0.1) is 0 Å². The van der Waals surface area contributed by atoms with Crippen LogP contribution in [0.1, 0.15) is 15.2 Å². The highest BCUT2D eigenvalue weighted by molar-refractivity contribution is 7.09. The molecule has 0 radical (unpaired) electrons. The number of aromatic nitrogens is 3. The number of anilines is 1. The van der Waals surface area contributed by atoms with Gasteiger partial charge in [0.15, 0.2) is 0 Å². The second-order valence-electron chi connectivity index (χ2n) is 4.08. The van der Waals surface area contributed by atoms with Crippen LogP contribution in [0.5, 0.6) is 0 Å². The Labute approximate surface area is 118 Å². The molecule has 0 fully saturated rings. The van der Waals surface area contributed by atoms with Gasteiger partial charge < -0.3 is 10.4 Å². The van der Waals surface area contributed by atoms with Crippen molar-refractivity contribution in [1.29, 1.82) is 0 Å². The quantitative estimate of drug-likeness (QED) is 0.765. The molecule has 7 heteroatoms. The van der Waals surface area contributed by atoms with E-state index in [9.17, 15) is 4.79 Å². The summed E-state index contributed by atoms with van der Waals surface area (Å²) < 4.78 is 0. The van der Waals surface area contributed by atoms with E-state index in [4.69, 9.17) is 5.11 Å². The van der Waals surface area contributed by atoms with Crippen LogP contribution >= 0.6 is 11.3 Å². The van der Waals surface area contributed by atoms with Gasteiger partial charge in [-0.25, -0.2) is 14.8 Å². The number of nitrogens with zero attached hydrogens (tertiary/aromatic N) is 3. The van der Waals surface area contributed by atoms with Gasteiger partial charge in [-0.1, -0.05) is 0 Å². The highest BCUT2D eigenvalue weighted by Gasteiger charge is 2.08. The summed E-state index contributed by atoms with van der Waals surface area (Å²) >= 11 is 1.56. The van der Waals surface area contributed by atoms with E-state index in [2.05, 4.69) is 20.3 Å². The first-order chi connectivity index (χ1) is 9.74. The fourth-order valence-electron chi connectivity index (χ4n) is 1.83. The molecule has 0 spiro atoms. The number of carboxylic acid groups (broad SMARTS) is 1. The van der Waals surface area contributed by atoms with Crippen molar-refractivity contribution in [3.05, 3.63) is 46.7 Å². The number of fused-ring (bicyclic) bond motifs is 1. The molecule has 2 aromatic heterocycles. The fourth-order valence-corrected chi connectivity index (χ4v) is 2.37. The summed E-state index contributed by atoms with van der Waals surface area (Å²) in [5, 5.41) is 13.0. The second kappa shape index (κ2) is 5.22. The van der Waals surface area contributed by atoms with Gasteiger partial charge in [-0.2, -0.15) is 0 Å². The number of thiazole rings is 1. The molecular formula is C13H10N4O2S. The third-order valence-corrected chi connectivity index (χ3v) is 3.58. The second-order valence-corrected chi connectivity index (χ2v) is 5.05. The van der Waals surface area contributed by atoms with E-state index in [0.717, 1.165) is 10.3 Å². The molecule has 0 aliphatic carbocycles. The maximum atomic E-state index is 10.9. The molecule has 6 nitrogen and oxygen atoms in total. The van der Waals surface area contributed by atoms with Gasteiger partial charge in [-0.3, -0.25) is 4.98 Å². The van der Waals surface area contributed by atoms with Crippen LogP contribution in [-0.4, -0.2) is 26.0 Å². The minimum absolute atomic E-state index is 0.213. The summed E-state index contributed by atoms with van der Waals surface area (Å²) in [6, 6.07) is 4.80. The van der Waals surface area contributed by atoms with Gasteiger partial charge in [0.25, 0.3) is 0 Å². The molecule has 20 heavy (non-hydrogen) atoms. The minimum atomic E-state index is -0.968. The smallest absolute Gasteiger partial charge is 0.335 e. The molecule has 0 aliphatic heterocycles. The molecule has 0 atom stereocenters. The molecule has 0 aliphatic rings. The Hall–Kier alpha value is -2.54. The number of carboxylic acids is 1. The van der Waals surface area contributed by atoms with Gasteiger partial charge in [0, 0.05) is 16.5 Å². The Morgan fingerprint density at radius 2 is 2.25 bits per heavy atom. The molecule has 2 heterocycles. The van der Waals surface area contributed by atoms with Crippen LogP contribution in [0.3, 0.4) is 0 Å². The van der Waals surface area contributed by atoms with Gasteiger partial charge in [0.1, 0.15) is 12.1 Å². The van der Waals surface area contributed by atoms with Crippen molar-refractivity contribution in [3.8, 4) is 0 Å². The molecule has 0 unspecified atom stereocenters. The number of hydrogen-bond donors (Lipinski definition) is 2. The molecule has 0 amide bonds. The maximum absolute atomic E-state index is 10.9. The topological polar surface area (TPSA) is 88.0 Å². The van der Waals surface area contributed by atoms with Gasteiger partial charge in [0.2, 0.25) is 0 Å². The van der Waals surface area contributed by atoms with Crippen molar-refractivity contribution in [2.45, 2.75) is 6.54 Å². The zero-order valence-corrected chi connectivity index (χ0v) is 11.1. The molecule has 0 saturated carbocycles. The lowest BCUT2D eigenvalue weighted by molar-refractivity contribution is 0.0697. The van der Waals surface area contributed by atoms with Crippen LogP contribution in [0.4, 0.5) is 5.82 Å². The molecule has 100 valence electrons. The number of benzene rings is 1. The third kappa shape index (κ3) is 2.43. The molecule has 3 rings (SSSR count). The Morgan fingerprint density at radius 1 is 1.35 bits per heavy atom. The van der Waals surface area contributed by atoms with Crippen molar-refractivity contribution in [2.75, 3.05) is 5.32 Å². The number of hydrogen-bond acceptors (Lipinski definition) is 6. The van der Waals surface area contributed by atoms with E-state index in [1.54, 1.807) is 35.2 Å². The molecule has 3 aromatic rings. The summed E-state index contributed by atoms with van der Waals surface area (Å²) in [4.78, 5) is 24.4. The normalized spacial score (nSPS) is 10.6. The number of aromatic carboxylic acids is 1.